The molecule has 35 heavy (non-hydrogen) atoms. The van der Waals surface area contributed by atoms with E-state index in [1.165, 1.54) is 11.1 Å². The Kier molecular flexibility index (Phi) is 6.09. The van der Waals surface area contributed by atoms with E-state index >= 15 is 0 Å². The molecule has 5 rings (SSSR count). The van der Waals surface area contributed by atoms with Gasteiger partial charge in [-0.3, -0.25) is 4.79 Å². The van der Waals surface area contributed by atoms with Gasteiger partial charge < -0.3 is 14.8 Å². The molecule has 182 valence electrons. The number of ketones is 1. The maximum Gasteiger partial charge on any atom is 0.227 e. The molecule has 2 aliphatic rings. The molecule has 0 saturated carbocycles. The molecule has 1 unspecified atom stereocenters. The van der Waals surface area contributed by atoms with Crippen LogP contribution < -0.4 is 14.8 Å². The highest BCUT2D eigenvalue weighted by Gasteiger charge is 2.42. The highest BCUT2D eigenvalue weighted by molar-refractivity contribution is 7.98. The Labute approximate surface area is 209 Å². The molecule has 0 amide bonds. The van der Waals surface area contributed by atoms with E-state index in [0.717, 1.165) is 29.0 Å². The second kappa shape index (κ2) is 9.07. The second-order valence-corrected chi connectivity index (χ2v) is 10.8. The lowest BCUT2D eigenvalue weighted by molar-refractivity contribution is -0.118. The van der Waals surface area contributed by atoms with E-state index in [1.54, 1.807) is 26.0 Å². The maximum atomic E-state index is 13.4. The molecule has 1 aliphatic heterocycles. The first-order valence-electron chi connectivity index (χ1n) is 11.7. The lowest BCUT2D eigenvalue weighted by atomic mass is 9.73. The van der Waals surface area contributed by atoms with Gasteiger partial charge in [0.05, 0.1) is 14.2 Å². The Bertz CT molecular complexity index is 1330. The summed E-state index contributed by atoms with van der Waals surface area (Å²) in [6.07, 6.45) is 1.27. The van der Waals surface area contributed by atoms with Crippen molar-refractivity contribution >= 4 is 23.5 Å². The van der Waals surface area contributed by atoms with Crippen LogP contribution in [0.3, 0.4) is 0 Å². The minimum Gasteiger partial charge on any atom is -0.493 e. The number of rotatable bonds is 6. The van der Waals surface area contributed by atoms with Crippen molar-refractivity contribution in [1.29, 1.82) is 0 Å². The number of hydrogen-bond donors (Lipinski definition) is 1. The Morgan fingerprint density at radius 1 is 1.11 bits per heavy atom. The van der Waals surface area contributed by atoms with Crippen molar-refractivity contribution in [1.82, 2.24) is 14.8 Å². The van der Waals surface area contributed by atoms with Crippen LogP contribution >= 0.6 is 11.8 Å². The van der Waals surface area contributed by atoms with Crippen molar-refractivity contribution in [3.05, 3.63) is 70.4 Å². The molecule has 0 spiro atoms. The van der Waals surface area contributed by atoms with Gasteiger partial charge in [-0.1, -0.05) is 55.9 Å². The molecule has 7 nitrogen and oxygen atoms in total. The molecular formula is C27H30N4O3S. The molecule has 1 atom stereocenters. The summed E-state index contributed by atoms with van der Waals surface area (Å²) in [5, 5.41) is 8.98. The van der Waals surface area contributed by atoms with E-state index in [4.69, 9.17) is 19.6 Å². The van der Waals surface area contributed by atoms with Gasteiger partial charge in [-0.2, -0.15) is 4.98 Å². The number of nitrogens with one attached hydrogen (secondary N) is 1. The molecular weight excluding hydrogens is 460 g/mol. The zero-order valence-electron chi connectivity index (χ0n) is 20.7. The Balaban J connectivity index is 1.56. The molecule has 2 aromatic carbocycles. The van der Waals surface area contributed by atoms with Gasteiger partial charge >= 0.3 is 0 Å². The van der Waals surface area contributed by atoms with Crippen LogP contribution in [0.2, 0.25) is 0 Å². The summed E-state index contributed by atoms with van der Waals surface area (Å²) in [5.41, 5.74) is 4.98. The second-order valence-electron chi connectivity index (χ2n) is 9.85. The number of ether oxygens (including phenoxy) is 2. The number of benzene rings is 2. The molecule has 1 aliphatic carbocycles. The molecule has 2 heterocycles. The lowest BCUT2D eigenvalue weighted by Crippen LogP contribution is -2.36. The van der Waals surface area contributed by atoms with E-state index in [-0.39, 0.29) is 17.2 Å². The highest BCUT2D eigenvalue weighted by atomic mass is 32.2. The predicted molar refractivity (Wildman–Crippen MR) is 137 cm³/mol. The minimum atomic E-state index is -0.384. The Morgan fingerprint density at radius 2 is 1.89 bits per heavy atom. The van der Waals surface area contributed by atoms with Crippen molar-refractivity contribution in [2.75, 3.05) is 19.5 Å². The molecule has 1 N–H and O–H groups in total. The molecule has 1 aromatic heterocycles. The number of carbonyl (C=O) groups is 1. The number of methoxy groups -OCH3 is 2. The topological polar surface area (TPSA) is 78.3 Å². The molecule has 8 heteroatoms. The monoisotopic (exact) mass is 490 g/mol. The average molecular weight is 491 g/mol. The van der Waals surface area contributed by atoms with Crippen molar-refractivity contribution < 1.29 is 14.3 Å². The van der Waals surface area contributed by atoms with Gasteiger partial charge in [0.15, 0.2) is 17.3 Å². The summed E-state index contributed by atoms with van der Waals surface area (Å²) < 4.78 is 12.8. The van der Waals surface area contributed by atoms with E-state index in [9.17, 15) is 4.79 Å². The van der Waals surface area contributed by atoms with Crippen LogP contribution in [0.1, 0.15) is 49.4 Å². The summed E-state index contributed by atoms with van der Waals surface area (Å²) in [6, 6.07) is 13.7. The van der Waals surface area contributed by atoms with E-state index in [2.05, 4.69) is 44.3 Å². The highest BCUT2D eigenvalue weighted by Crippen LogP contribution is 2.46. The number of aromatic nitrogens is 3. The van der Waals surface area contributed by atoms with Crippen LogP contribution in [0.5, 0.6) is 11.5 Å². The SMILES string of the molecule is COc1ccc(C2C3=C(CC(C)(C)CC3=O)Nc3nc(SCc4ccccc4C)nn32)cc1OC. The molecule has 0 radical (unpaired) electrons. The first-order valence-corrected chi connectivity index (χ1v) is 12.7. The predicted octanol–water partition coefficient (Wildman–Crippen LogP) is 5.55. The third kappa shape index (κ3) is 4.43. The third-order valence-corrected chi connectivity index (χ3v) is 7.54. The van der Waals surface area contributed by atoms with Crippen LogP contribution in [-0.4, -0.2) is 34.8 Å². The number of aryl methyl sites for hydroxylation is 1. The van der Waals surface area contributed by atoms with Crippen LogP contribution in [0.4, 0.5) is 5.95 Å². The van der Waals surface area contributed by atoms with E-state index < -0.39 is 0 Å². The third-order valence-electron chi connectivity index (χ3n) is 6.65. The fourth-order valence-corrected chi connectivity index (χ4v) is 5.80. The number of fused-ring (bicyclic) bond motifs is 1. The van der Waals surface area contributed by atoms with Crippen molar-refractivity contribution in [2.24, 2.45) is 5.41 Å². The van der Waals surface area contributed by atoms with E-state index in [1.807, 2.05) is 28.9 Å². The summed E-state index contributed by atoms with van der Waals surface area (Å²) in [5.74, 6) is 2.82. The normalized spacial score (nSPS) is 18.5. The smallest absolute Gasteiger partial charge is 0.227 e. The maximum absolute atomic E-state index is 13.4. The van der Waals surface area contributed by atoms with Gasteiger partial charge in [0.25, 0.3) is 0 Å². The number of allylic oxidation sites excluding steroid dienone is 2. The van der Waals surface area contributed by atoms with E-state index in [0.29, 0.717) is 29.0 Å². The van der Waals surface area contributed by atoms with Gasteiger partial charge in [0, 0.05) is 23.4 Å². The van der Waals surface area contributed by atoms with Gasteiger partial charge in [0.2, 0.25) is 11.1 Å². The molecule has 0 saturated heterocycles. The zero-order valence-corrected chi connectivity index (χ0v) is 21.5. The molecule has 0 fully saturated rings. The van der Waals surface area contributed by atoms with Crippen LogP contribution in [0.25, 0.3) is 0 Å². The summed E-state index contributed by atoms with van der Waals surface area (Å²) >= 11 is 1.59. The van der Waals surface area contributed by atoms with Gasteiger partial charge in [-0.25, -0.2) is 4.68 Å². The number of hydrogen-bond acceptors (Lipinski definition) is 7. The van der Waals surface area contributed by atoms with Gasteiger partial charge in [-0.15, -0.1) is 5.10 Å². The zero-order chi connectivity index (χ0) is 24.7. The Hall–Kier alpha value is -3.26. The standard InChI is InChI=1S/C27H30N4O3S/c1-16-8-6-7-9-18(16)15-35-26-29-25-28-19-13-27(2,3)14-20(32)23(19)24(31(25)30-26)17-10-11-21(33-4)22(12-17)34-5/h6-12,24H,13-15H2,1-5H3,(H,28,29,30). The molecule has 0 bridgehead atoms. The van der Waals surface area contributed by atoms with Crippen molar-refractivity contribution in [3.63, 3.8) is 0 Å². The van der Waals surface area contributed by atoms with Crippen LogP contribution in [-0.2, 0) is 10.5 Å². The molecule has 3 aromatic rings. The average Bonchev–Trinajstić information content (AvgIpc) is 3.23. The fourth-order valence-electron chi connectivity index (χ4n) is 4.90. The minimum absolute atomic E-state index is 0.115. The number of thioether (sulfide) groups is 1. The van der Waals surface area contributed by atoms with Crippen molar-refractivity contribution in [3.8, 4) is 11.5 Å². The number of carbonyl (C=O) groups excluding carboxylic acids is 1. The van der Waals surface area contributed by atoms with Gasteiger partial charge in [0.1, 0.15) is 6.04 Å². The number of Topliss-reactive ketones (excluding diaryl/α,β-unsaturated/α-hetero) is 1. The summed E-state index contributed by atoms with van der Waals surface area (Å²) in [6.45, 7) is 6.37. The number of nitrogens with zero attached hydrogens (tertiary/aromatic N) is 3. The van der Waals surface area contributed by atoms with Gasteiger partial charge in [-0.05, 0) is 47.6 Å². The fraction of sp³-hybridized carbons (Fsp3) is 0.370. The lowest BCUT2D eigenvalue weighted by Gasteiger charge is -2.38. The summed E-state index contributed by atoms with van der Waals surface area (Å²) in [4.78, 5) is 18.3. The first-order chi connectivity index (χ1) is 16.8. The largest absolute Gasteiger partial charge is 0.493 e. The summed E-state index contributed by atoms with van der Waals surface area (Å²) in [7, 11) is 3.23. The van der Waals surface area contributed by atoms with Crippen LogP contribution in [0, 0.1) is 12.3 Å². The number of anilines is 1. The van der Waals surface area contributed by atoms with Crippen LogP contribution in [0.15, 0.2) is 58.9 Å². The van der Waals surface area contributed by atoms with Crippen molar-refractivity contribution in [2.45, 2.75) is 50.6 Å². The first kappa shape index (κ1) is 23.5. The quantitative estimate of drug-likeness (QED) is 0.454. The Morgan fingerprint density at radius 3 is 2.63 bits per heavy atom.